The summed E-state index contributed by atoms with van der Waals surface area (Å²) in [7, 11) is 0. The van der Waals surface area contributed by atoms with Gasteiger partial charge < -0.3 is 0 Å². The molecule has 2 aromatic carbocycles. The van der Waals surface area contributed by atoms with Crippen molar-refractivity contribution in [1.29, 1.82) is 0 Å². The average Bonchev–Trinajstić information content (AvgIpc) is 2.58. The van der Waals surface area contributed by atoms with Gasteiger partial charge in [0.2, 0.25) is 5.91 Å². The molecule has 116 valence electrons. The predicted octanol–water partition coefficient (Wildman–Crippen LogP) is 2.27. The van der Waals surface area contributed by atoms with Gasteiger partial charge in [0.15, 0.2) is 0 Å². The van der Waals surface area contributed by atoms with Crippen LogP contribution < -0.4 is 11.0 Å². The van der Waals surface area contributed by atoms with Gasteiger partial charge in [0.05, 0.1) is 17.3 Å². The summed E-state index contributed by atoms with van der Waals surface area (Å²) in [5, 5.41) is 0.490. The number of amides is 1. The normalized spacial score (nSPS) is 10.7. The number of carbonyl (C=O) groups excluding carboxylic acids is 1. The Hall–Kier alpha value is -2.95. The van der Waals surface area contributed by atoms with E-state index >= 15 is 0 Å². The summed E-state index contributed by atoms with van der Waals surface area (Å²) >= 11 is 0. The number of fused-ring (bicyclic) bond motifs is 1. The molecule has 0 aliphatic heterocycles. The maximum absolute atomic E-state index is 12.6. The highest BCUT2D eigenvalue weighted by Gasteiger charge is 2.12. The lowest BCUT2D eigenvalue weighted by Crippen LogP contribution is -2.37. The molecule has 1 N–H and O–H groups in total. The Bertz CT molecular complexity index is 901. The molecule has 0 saturated carbocycles. The van der Waals surface area contributed by atoms with E-state index in [1.54, 1.807) is 18.2 Å². The molecule has 0 bridgehead atoms. The fourth-order valence-electron chi connectivity index (χ4n) is 2.48. The Morgan fingerprint density at radius 2 is 1.78 bits per heavy atom. The van der Waals surface area contributed by atoms with Crippen LogP contribution in [-0.2, 0) is 17.6 Å². The molecule has 3 rings (SSSR count). The number of rotatable bonds is 4. The number of aryl methyl sites for hydroxylation is 1. The smallest absolute Gasteiger partial charge is 0.273 e. The lowest BCUT2D eigenvalue weighted by molar-refractivity contribution is -0.116. The van der Waals surface area contributed by atoms with Gasteiger partial charge in [-0.25, -0.2) is 9.66 Å². The van der Waals surface area contributed by atoms with Gasteiger partial charge in [0, 0.05) is 6.42 Å². The van der Waals surface area contributed by atoms with Gasteiger partial charge in [0.25, 0.3) is 5.56 Å². The minimum atomic E-state index is -0.256. The third-order valence-electron chi connectivity index (χ3n) is 3.61. The SMILES string of the molecule is CCc1nc2ccccc2c(=O)n1NC(=O)Cc1ccccc1. The summed E-state index contributed by atoms with van der Waals surface area (Å²) in [4.78, 5) is 29.3. The maximum atomic E-state index is 12.6. The number of hydrogen-bond acceptors (Lipinski definition) is 3. The van der Waals surface area contributed by atoms with E-state index in [9.17, 15) is 9.59 Å². The topological polar surface area (TPSA) is 64.0 Å². The van der Waals surface area contributed by atoms with Crippen molar-refractivity contribution < 1.29 is 4.79 Å². The van der Waals surface area contributed by atoms with E-state index in [1.165, 1.54) is 4.68 Å². The van der Waals surface area contributed by atoms with Crippen molar-refractivity contribution in [2.24, 2.45) is 0 Å². The van der Waals surface area contributed by atoms with Crippen LogP contribution in [0.1, 0.15) is 18.3 Å². The molecule has 0 spiro atoms. The van der Waals surface area contributed by atoms with Crippen LogP contribution in [0.2, 0.25) is 0 Å². The molecular formula is C18H17N3O2. The summed E-state index contributed by atoms with van der Waals surface area (Å²) in [6.07, 6.45) is 0.759. The number of nitrogens with zero attached hydrogens (tertiary/aromatic N) is 2. The average molecular weight is 307 g/mol. The molecule has 3 aromatic rings. The van der Waals surface area contributed by atoms with Crippen molar-refractivity contribution in [2.45, 2.75) is 19.8 Å². The van der Waals surface area contributed by atoms with Crippen molar-refractivity contribution in [3.63, 3.8) is 0 Å². The van der Waals surface area contributed by atoms with Gasteiger partial charge in [0.1, 0.15) is 5.82 Å². The molecule has 1 heterocycles. The fraction of sp³-hybridized carbons (Fsp3) is 0.167. The minimum Gasteiger partial charge on any atom is -0.273 e. The van der Waals surface area contributed by atoms with Crippen molar-refractivity contribution in [1.82, 2.24) is 9.66 Å². The van der Waals surface area contributed by atoms with Gasteiger partial charge in [-0.1, -0.05) is 49.4 Å². The predicted molar refractivity (Wildman–Crippen MR) is 89.9 cm³/mol. The van der Waals surface area contributed by atoms with E-state index < -0.39 is 0 Å². The van der Waals surface area contributed by atoms with Gasteiger partial charge in [-0.05, 0) is 17.7 Å². The van der Waals surface area contributed by atoms with E-state index in [1.807, 2.05) is 43.3 Å². The molecule has 0 aliphatic rings. The number of nitrogens with one attached hydrogen (secondary N) is 1. The summed E-state index contributed by atoms with van der Waals surface area (Å²) in [6, 6.07) is 16.5. The first-order chi connectivity index (χ1) is 11.2. The monoisotopic (exact) mass is 307 g/mol. The summed E-state index contributed by atoms with van der Waals surface area (Å²) in [6.45, 7) is 1.90. The first-order valence-electron chi connectivity index (χ1n) is 7.53. The van der Waals surface area contributed by atoms with Crippen LogP contribution in [0.3, 0.4) is 0 Å². The first-order valence-corrected chi connectivity index (χ1v) is 7.53. The zero-order valence-electron chi connectivity index (χ0n) is 12.8. The van der Waals surface area contributed by atoms with Crippen LogP contribution in [0.15, 0.2) is 59.4 Å². The molecule has 0 radical (unpaired) electrons. The Morgan fingerprint density at radius 3 is 2.52 bits per heavy atom. The van der Waals surface area contributed by atoms with Crippen LogP contribution in [0.5, 0.6) is 0 Å². The molecule has 0 aliphatic carbocycles. The van der Waals surface area contributed by atoms with E-state index in [4.69, 9.17) is 0 Å². The molecule has 0 atom stereocenters. The Balaban J connectivity index is 1.94. The number of aromatic nitrogens is 2. The van der Waals surface area contributed by atoms with Crippen molar-refractivity contribution in [2.75, 3.05) is 5.43 Å². The molecule has 23 heavy (non-hydrogen) atoms. The molecule has 0 unspecified atom stereocenters. The van der Waals surface area contributed by atoms with Crippen LogP contribution in [0.25, 0.3) is 10.9 Å². The Labute approximate surface area is 133 Å². The van der Waals surface area contributed by atoms with Gasteiger partial charge in [-0.15, -0.1) is 0 Å². The van der Waals surface area contributed by atoms with E-state index in [0.717, 1.165) is 5.56 Å². The lowest BCUT2D eigenvalue weighted by Gasteiger charge is -2.13. The quantitative estimate of drug-likeness (QED) is 0.804. The van der Waals surface area contributed by atoms with Crippen molar-refractivity contribution in [3.8, 4) is 0 Å². The van der Waals surface area contributed by atoms with E-state index in [2.05, 4.69) is 10.4 Å². The second-order valence-electron chi connectivity index (χ2n) is 5.24. The van der Waals surface area contributed by atoms with Crippen LogP contribution in [0, 0.1) is 0 Å². The third kappa shape index (κ3) is 3.13. The van der Waals surface area contributed by atoms with Crippen molar-refractivity contribution in [3.05, 3.63) is 76.3 Å². The molecule has 0 saturated heterocycles. The molecule has 5 heteroatoms. The zero-order chi connectivity index (χ0) is 16.2. The molecule has 0 fully saturated rings. The summed E-state index contributed by atoms with van der Waals surface area (Å²) in [5.41, 5.74) is 3.95. The van der Waals surface area contributed by atoms with E-state index in [0.29, 0.717) is 23.1 Å². The second-order valence-corrected chi connectivity index (χ2v) is 5.24. The minimum absolute atomic E-state index is 0.212. The number of carbonyl (C=O) groups is 1. The highest BCUT2D eigenvalue weighted by Crippen LogP contribution is 2.08. The number of hydrogen-bond donors (Lipinski definition) is 1. The first kappa shape index (κ1) is 15.0. The van der Waals surface area contributed by atoms with Crippen molar-refractivity contribution >= 4 is 16.8 Å². The maximum Gasteiger partial charge on any atom is 0.280 e. The largest absolute Gasteiger partial charge is 0.280 e. The summed E-state index contributed by atoms with van der Waals surface area (Å²) in [5.74, 6) is 0.292. The van der Waals surface area contributed by atoms with Crippen LogP contribution >= 0.6 is 0 Å². The van der Waals surface area contributed by atoms with Gasteiger partial charge in [-0.3, -0.25) is 15.0 Å². The molecule has 1 amide bonds. The van der Waals surface area contributed by atoms with E-state index in [-0.39, 0.29) is 17.9 Å². The molecule has 5 nitrogen and oxygen atoms in total. The zero-order valence-corrected chi connectivity index (χ0v) is 12.8. The summed E-state index contributed by atoms with van der Waals surface area (Å²) < 4.78 is 1.26. The molecular weight excluding hydrogens is 290 g/mol. The van der Waals surface area contributed by atoms with Gasteiger partial charge in [-0.2, -0.15) is 0 Å². The number of benzene rings is 2. The highest BCUT2D eigenvalue weighted by atomic mass is 16.2. The van der Waals surface area contributed by atoms with Gasteiger partial charge >= 0.3 is 0 Å². The van der Waals surface area contributed by atoms with Crippen LogP contribution in [-0.4, -0.2) is 15.6 Å². The fourth-order valence-corrected chi connectivity index (χ4v) is 2.48. The van der Waals surface area contributed by atoms with Crippen LogP contribution in [0.4, 0.5) is 0 Å². The second kappa shape index (κ2) is 6.44. The Kier molecular flexibility index (Phi) is 4.19. The number of para-hydroxylation sites is 1. The lowest BCUT2D eigenvalue weighted by atomic mass is 10.1. The molecule has 1 aromatic heterocycles. The third-order valence-corrected chi connectivity index (χ3v) is 3.61. The standard InChI is InChI=1S/C18H17N3O2/c1-2-16-19-15-11-7-6-10-14(15)18(23)21(16)20-17(22)12-13-8-4-3-5-9-13/h3-11H,2,12H2,1H3,(H,20,22). The Morgan fingerprint density at radius 1 is 1.09 bits per heavy atom. The highest BCUT2D eigenvalue weighted by molar-refractivity contribution is 5.86.